The minimum Gasteiger partial charge on any atom is -0.405 e. The molecule has 0 bridgehead atoms. The molecule has 1 atom stereocenters. The third-order valence-electron chi connectivity index (χ3n) is 6.32. The van der Waals surface area contributed by atoms with Crippen LogP contribution in [0.25, 0.3) is 17.2 Å². The molecule has 1 fully saturated rings. The number of aromatic nitrogens is 4. The fourth-order valence-corrected chi connectivity index (χ4v) is 4.50. The van der Waals surface area contributed by atoms with Gasteiger partial charge >= 0.3 is 6.36 Å². The molecule has 1 amide bonds. The van der Waals surface area contributed by atoms with E-state index in [1.54, 1.807) is 12.3 Å². The normalized spacial score (nSPS) is 15.8. The van der Waals surface area contributed by atoms with Crippen LogP contribution in [-0.2, 0) is 11.3 Å². The van der Waals surface area contributed by atoms with Gasteiger partial charge in [-0.1, -0.05) is 48.5 Å². The maximum Gasteiger partial charge on any atom is 0.573 e. The standard InChI is InChI=1S/C27H25F3N6O2/c28-27(29,30)38-22-11-5-4-9-20(22)17-32-26(37)21-10-6-15-35(18-21)23-12-13-24(34-33-23)36-16-14-31-25(36)19-7-2-1-3-8-19/h1-5,7-9,11-14,16,21H,6,10,15,17-18H2,(H,32,37). The summed E-state index contributed by atoms with van der Waals surface area (Å²) in [5.41, 5.74) is 1.21. The predicted molar refractivity (Wildman–Crippen MR) is 134 cm³/mol. The molecule has 1 N–H and O–H groups in total. The number of hydrogen-bond donors (Lipinski definition) is 1. The molecular formula is C27H25F3N6O2. The Morgan fingerprint density at radius 3 is 2.50 bits per heavy atom. The molecule has 3 heterocycles. The van der Waals surface area contributed by atoms with Crippen LogP contribution < -0.4 is 15.0 Å². The van der Waals surface area contributed by atoms with Gasteiger partial charge in [0.15, 0.2) is 11.6 Å². The van der Waals surface area contributed by atoms with Crippen molar-refractivity contribution < 1.29 is 22.7 Å². The number of para-hydroxylation sites is 1. The first-order valence-electron chi connectivity index (χ1n) is 12.2. The quantitative estimate of drug-likeness (QED) is 0.377. The van der Waals surface area contributed by atoms with Crippen molar-refractivity contribution in [2.24, 2.45) is 5.92 Å². The second-order valence-electron chi connectivity index (χ2n) is 8.90. The van der Waals surface area contributed by atoms with Crippen LogP contribution in [0.1, 0.15) is 18.4 Å². The predicted octanol–water partition coefficient (Wildman–Crippen LogP) is 4.76. The summed E-state index contributed by atoms with van der Waals surface area (Å²) in [6.45, 7) is 1.09. The molecule has 1 unspecified atom stereocenters. The van der Waals surface area contributed by atoms with Gasteiger partial charge in [-0.3, -0.25) is 9.36 Å². The lowest BCUT2D eigenvalue weighted by atomic mass is 9.97. The third kappa shape index (κ3) is 5.93. The van der Waals surface area contributed by atoms with Gasteiger partial charge in [-0.05, 0) is 31.0 Å². The molecule has 2 aromatic heterocycles. The van der Waals surface area contributed by atoms with Gasteiger partial charge in [0.1, 0.15) is 11.6 Å². The summed E-state index contributed by atoms with van der Waals surface area (Å²) in [7, 11) is 0. The Morgan fingerprint density at radius 2 is 1.74 bits per heavy atom. The fourth-order valence-electron chi connectivity index (χ4n) is 4.50. The van der Waals surface area contributed by atoms with Crippen LogP contribution in [-0.4, -0.2) is 45.1 Å². The number of rotatable bonds is 7. The highest BCUT2D eigenvalue weighted by molar-refractivity contribution is 5.79. The van der Waals surface area contributed by atoms with E-state index in [0.717, 1.165) is 24.4 Å². The van der Waals surface area contributed by atoms with Crippen molar-refractivity contribution in [3.8, 4) is 23.0 Å². The zero-order valence-electron chi connectivity index (χ0n) is 20.3. The molecule has 0 aliphatic carbocycles. The van der Waals surface area contributed by atoms with Crippen LogP contribution >= 0.6 is 0 Å². The number of piperidine rings is 1. The van der Waals surface area contributed by atoms with Crippen molar-refractivity contribution in [1.29, 1.82) is 0 Å². The highest BCUT2D eigenvalue weighted by Crippen LogP contribution is 2.27. The lowest BCUT2D eigenvalue weighted by Crippen LogP contribution is -2.43. The molecule has 0 spiro atoms. The number of amides is 1. The molecule has 11 heteroatoms. The molecule has 5 rings (SSSR count). The molecule has 4 aromatic rings. The van der Waals surface area contributed by atoms with E-state index in [1.165, 1.54) is 18.2 Å². The second-order valence-corrected chi connectivity index (χ2v) is 8.90. The van der Waals surface area contributed by atoms with E-state index in [-0.39, 0.29) is 29.7 Å². The number of hydrogen-bond acceptors (Lipinski definition) is 6. The third-order valence-corrected chi connectivity index (χ3v) is 6.32. The number of imidazole rings is 1. The van der Waals surface area contributed by atoms with Crippen molar-refractivity contribution in [3.05, 3.63) is 84.7 Å². The van der Waals surface area contributed by atoms with Gasteiger partial charge in [-0.25, -0.2) is 4.98 Å². The van der Waals surface area contributed by atoms with E-state index >= 15 is 0 Å². The maximum atomic E-state index is 12.9. The van der Waals surface area contributed by atoms with Crippen LogP contribution in [0.3, 0.4) is 0 Å². The first kappa shape index (κ1) is 25.2. The highest BCUT2D eigenvalue weighted by atomic mass is 19.4. The Balaban J connectivity index is 1.22. The van der Waals surface area contributed by atoms with Crippen molar-refractivity contribution >= 4 is 11.7 Å². The Labute approximate surface area is 217 Å². The lowest BCUT2D eigenvalue weighted by Gasteiger charge is -2.32. The average Bonchev–Trinajstić information content (AvgIpc) is 3.42. The van der Waals surface area contributed by atoms with Gasteiger partial charge in [-0.2, -0.15) is 0 Å². The SMILES string of the molecule is O=C(NCc1ccccc1OC(F)(F)F)C1CCCN(c2ccc(-n3ccnc3-c3ccccc3)nn2)C1. The molecule has 1 aliphatic rings. The molecule has 1 aliphatic heterocycles. The van der Waals surface area contributed by atoms with Gasteiger partial charge in [0.05, 0.1) is 5.92 Å². The molecule has 1 saturated heterocycles. The first-order chi connectivity index (χ1) is 18.4. The van der Waals surface area contributed by atoms with Crippen molar-refractivity contribution in [1.82, 2.24) is 25.1 Å². The largest absolute Gasteiger partial charge is 0.573 e. The minimum absolute atomic E-state index is 0.0647. The Bertz CT molecular complexity index is 1380. The fraction of sp³-hybridized carbons (Fsp3) is 0.259. The zero-order valence-corrected chi connectivity index (χ0v) is 20.3. The highest BCUT2D eigenvalue weighted by Gasteiger charge is 2.32. The molecule has 0 radical (unpaired) electrons. The van der Waals surface area contributed by atoms with E-state index in [1.807, 2.05) is 58.1 Å². The zero-order chi connectivity index (χ0) is 26.5. The van der Waals surface area contributed by atoms with Gasteiger partial charge in [-0.15, -0.1) is 23.4 Å². The van der Waals surface area contributed by atoms with Crippen molar-refractivity contribution in [2.45, 2.75) is 25.7 Å². The summed E-state index contributed by atoms with van der Waals surface area (Å²) in [6, 6.07) is 19.3. The number of anilines is 1. The van der Waals surface area contributed by atoms with Crippen molar-refractivity contribution in [2.75, 3.05) is 18.0 Å². The van der Waals surface area contributed by atoms with Gasteiger partial charge < -0.3 is 15.0 Å². The number of nitrogens with one attached hydrogen (secondary N) is 1. The van der Waals surface area contributed by atoms with Crippen LogP contribution in [0, 0.1) is 5.92 Å². The van der Waals surface area contributed by atoms with Gasteiger partial charge in [0.25, 0.3) is 0 Å². The van der Waals surface area contributed by atoms with Crippen LogP contribution in [0.15, 0.2) is 79.1 Å². The smallest absolute Gasteiger partial charge is 0.405 e. The number of benzene rings is 2. The van der Waals surface area contributed by atoms with Gasteiger partial charge in [0, 0.05) is 43.2 Å². The average molecular weight is 523 g/mol. The first-order valence-corrected chi connectivity index (χ1v) is 12.2. The Kier molecular flexibility index (Phi) is 7.25. The molecule has 38 heavy (non-hydrogen) atoms. The summed E-state index contributed by atoms with van der Waals surface area (Å²) in [4.78, 5) is 19.3. The van der Waals surface area contributed by atoms with E-state index in [4.69, 9.17) is 0 Å². The van der Waals surface area contributed by atoms with Crippen LogP contribution in [0.2, 0.25) is 0 Å². The van der Waals surface area contributed by atoms with E-state index in [2.05, 4.69) is 25.2 Å². The molecule has 196 valence electrons. The van der Waals surface area contributed by atoms with Crippen LogP contribution in [0.4, 0.5) is 19.0 Å². The topological polar surface area (TPSA) is 85.2 Å². The van der Waals surface area contributed by atoms with Crippen molar-refractivity contribution in [3.63, 3.8) is 0 Å². The minimum atomic E-state index is -4.80. The molecular weight excluding hydrogens is 497 g/mol. The summed E-state index contributed by atoms with van der Waals surface area (Å²) in [5.74, 6) is 1.14. The van der Waals surface area contributed by atoms with E-state index in [0.29, 0.717) is 24.6 Å². The number of carbonyl (C=O) groups is 1. The molecule has 2 aromatic carbocycles. The molecule has 0 saturated carbocycles. The lowest BCUT2D eigenvalue weighted by molar-refractivity contribution is -0.274. The number of carbonyl (C=O) groups excluding carboxylic acids is 1. The number of ether oxygens (including phenoxy) is 1. The van der Waals surface area contributed by atoms with E-state index in [9.17, 15) is 18.0 Å². The summed E-state index contributed by atoms with van der Waals surface area (Å²) < 4.78 is 44.0. The summed E-state index contributed by atoms with van der Waals surface area (Å²) in [5, 5.41) is 11.5. The molecule has 8 nitrogen and oxygen atoms in total. The summed E-state index contributed by atoms with van der Waals surface area (Å²) >= 11 is 0. The van der Waals surface area contributed by atoms with Crippen LogP contribution in [0.5, 0.6) is 5.75 Å². The second kappa shape index (κ2) is 10.9. The maximum absolute atomic E-state index is 12.9. The Hall–Kier alpha value is -4.41. The number of nitrogens with zero attached hydrogens (tertiary/aromatic N) is 5. The van der Waals surface area contributed by atoms with Gasteiger partial charge in [0.2, 0.25) is 5.91 Å². The summed E-state index contributed by atoms with van der Waals surface area (Å²) in [6.07, 6.45) is 0.172. The Morgan fingerprint density at radius 1 is 1.00 bits per heavy atom. The number of alkyl halides is 3. The van der Waals surface area contributed by atoms with E-state index < -0.39 is 6.36 Å². The monoisotopic (exact) mass is 522 g/mol. The number of halogens is 3.